The molecule has 0 fully saturated rings. The Morgan fingerprint density at radius 3 is 1.75 bits per heavy atom. The molecular formula is C17H10FNS. The Kier molecular flexibility index (Phi) is 3.32. The maximum Gasteiger partial charge on any atom is 0.123 e. The lowest BCUT2D eigenvalue weighted by molar-refractivity contribution is 0.628. The van der Waals surface area contributed by atoms with Crippen LogP contribution < -0.4 is 0 Å². The Morgan fingerprint density at radius 2 is 1.25 bits per heavy atom. The van der Waals surface area contributed by atoms with Crippen molar-refractivity contribution in [3.8, 4) is 27.0 Å². The highest BCUT2D eigenvalue weighted by atomic mass is 32.1. The summed E-state index contributed by atoms with van der Waals surface area (Å²) in [6, 6.07) is 20.2. The van der Waals surface area contributed by atoms with Crippen molar-refractivity contribution in [1.82, 2.24) is 0 Å². The topological polar surface area (TPSA) is 23.8 Å². The van der Waals surface area contributed by atoms with Gasteiger partial charge in [-0.25, -0.2) is 4.39 Å². The van der Waals surface area contributed by atoms with Crippen molar-refractivity contribution in [2.24, 2.45) is 0 Å². The zero-order chi connectivity index (χ0) is 13.9. The van der Waals surface area contributed by atoms with E-state index in [1.54, 1.807) is 23.5 Å². The summed E-state index contributed by atoms with van der Waals surface area (Å²) < 4.78 is 12.9. The summed E-state index contributed by atoms with van der Waals surface area (Å²) in [5, 5.41) is 8.80. The molecule has 20 heavy (non-hydrogen) atoms. The summed E-state index contributed by atoms with van der Waals surface area (Å²) in [5.41, 5.74) is 2.75. The van der Waals surface area contributed by atoms with Gasteiger partial charge in [-0.1, -0.05) is 24.3 Å². The van der Waals surface area contributed by atoms with E-state index >= 15 is 0 Å². The molecule has 0 aliphatic heterocycles. The monoisotopic (exact) mass is 279 g/mol. The summed E-state index contributed by atoms with van der Waals surface area (Å²) in [5.74, 6) is -0.224. The fourth-order valence-electron chi connectivity index (χ4n) is 1.97. The Hall–Kier alpha value is -2.44. The Bertz CT molecular complexity index is 764. The van der Waals surface area contributed by atoms with E-state index in [0.29, 0.717) is 5.56 Å². The fraction of sp³-hybridized carbons (Fsp3) is 0. The maximum atomic E-state index is 12.9. The molecule has 0 saturated carbocycles. The van der Waals surface area contributed by atoms with Crippen LogP contribution in [0.5, 0.6) is 0 Å². The largest absolute Gasteiger partial charge is 0.207 e. The molecule has 96 valence electrons. The maximum absolute atomic E-state index is 12.9. The van der Waals surface area contributed by atoms with E-state index < -0.39 is 0 Å². The number of hydrogen-bond acceptors (Lipinski definition) is 2. The number of benzene rings is 2. The predicted molar refractivity (Wildman–Crippen MR) is 79.9 cm³/mol. The van der Waals surface area contributed by atoms with Crippen LogP contribution in [0.1, 0.15) is 5.56 Å². The van der Waals surface area contributed by atoms with E-state index in [2.05, 4.69) is 6.07 Å². The minimum absolute atomic E-state index is 0.224. The van der Waals surface area contributed by atoms with Gasteiger partial charge in [-0.2, -0.15) is 5.26 Å². The number of rotatable bonds is 2. The first kappa shape index (κ1) is 12.6. The Morgan fingerprint density at radius 1 is 0.750 bits per heavy atom. The number of nitrogens with zero attached hydrogens (tertiary/aromatic N) is 1. The first-order chi connectivity index (χ1) is 9.76. The van der Waals surface area contributed by atoms with E-state index in [-0.39, 0.29) is 5.82 Å². The minimum Gasteiger partial charge on any atom is -0.207 e. The molecule has 0 bridgehead atoms. The van der Waals surface area contributed by atoms with E-state index in [9.17, 15) is 4.39 Å². The van der Waals surface area contributed by atoms with Gasteiger partial charge in [0.15, 0.2) is 0 Å². The van der Waals surface area contributed by atoms with Gasteiger partial charge in [0.1, 0.15) is 5.82 Å². The molecule has 3 aromatic rings. The summed E-state index contributed by atoms with van der Waals surface area (Å²) in [7, 11) is 0. The summed E-state index contributed by atoms with van der Waals surface area (Å²) in [4.78, 5) is 2.23. The Labute approximate surface area is 120 Å². The zero-order valence-electron chi connectivity index (χ0n) is 10.5. The molecule has 3 rings (SSSR count). The van der Waals surface area contributed by atoms with Crippen LogP contribution >= 0.6 is 11.3 Å². The van der Waals surface area contributed by atoms with E-state index in [4.69, 9.17) is 5.26 Å². The van der Waals surface area contributed by atoms with Crippen LogP contribution in [0.2, 0.25) is 0 Å². The summed E-state index contributed by atoms with van der Waals surface area (Å²) in [6.07, 6.45) is 0. The normalized spacial score (nSPS) is 10.2. The van der Waals surface area contributed by atoms with Crippen LogP contribution in [0.3, 0.4) is 0 Å². The van der Waals surface area contributed by atoms with Crippen molar-refractivity contribution in [2.75, 3.05) is 0 Å². The highest BCUT2D eigenvalue weighted by molar-refractivity contribution is 7.18. The van der Waals surface area contributed by atoms with Crippen LogP contribution in [0.4, 0.5) is 4.39 Å². The lowest BCUT2D eigenvalue weighted by Crippen LogP contribution is -1.75. The standard InChI is InChI=1S/C17H10FNS/c18-15-7-5-14(6-8-15)17-10-9-16(20-17)13-3-1-12(11-19)2-4-13/h1-10H. The SMILES string of the molecule is N#Cc1ccc(-c2ccc(-c3ccc(F)cc3)s2)cc1. The quantitative estimate of drug-likeness (QED) is 0.640. The molecule has 1 heterocycles. The van der Waals surface area contributed by atoms with Gasteiger partial charge in [-0.05, 0) is 47.5 Å². The smallest absolute Gasteiger partial charge is 0.123 e. The number of thiophene rings is 1. The second kappa shape index (κ2) is 5.28. The summed E-state index contributed by atoms with van der Waals surface area (Å²) >= 11 is 1.65. The van der Waals surface area contributed by atoms with Gasteiger partial charge in [0, 0.05) is 9.75 Å². The van der Waals surface area contributed by atoms with Gasteiger partial charge in [0.2, 0.25) is 0 Å². The predicted octanol–water partition coefficient (Wildman–Crippen LogP) is 5.09. The summed E-state index contributed by atoms with van der Waals surface area (Å²) in [6.45, 7) is 0. The van der Waals surface area contributed by atoms with E-state index in [0.717, 1.165) is 20.9 Å². The van der Waals surface area contributed by atoms with Gasteiger partial charge in [-0.15, -0.1) is 11.3 Å². The zero-order valence-corrected chi connectivity index (χ0v) is 11.3. The molecular weight excluding hydrogens is 269 g/mol. The second-order valence-corrected chi connectivity index (χ2v) is 5.44. The first-order valence-electron chi connectivity index (χ1n) is 6.12. The van der Waals surface area contributed by atoms with Gasteiger partial charge < -0.3 is 0 Å². The fourth-order valence-corrected chi connectivity index (χ4v) is 2.99. The van der Waals surface area contributed by atoms with Crippen molar-refractivity contribution >= 4 is 11.3 Å². The van der Waals surface area contributed by atoms with Gasteiger partial charge >= 0.3 is 0 Å². The first-order valence-corrected chi connectivity index (χ1v) is 6.94. The lowest BCUT2D eigenvalue weighted by atomic mass is 10.1. The van der Waals surface area contributed by atoms with Crippen molar-refractivity contribution in [1.29, 1.82) is 5.26 Å². The highest BCUT2D eigenvalue weighted by Gasteiger charge is 2.05. The molecule has 0 N–H and O–H groups in total. The third-order valence-corrected chi connectivity index (χ3v) is 4.22. The third-order valence-electron chi connectivity index (χ3n) is 3.03. The number of halogens is 1. The van der Waals surface area contributed by atoms with Crippen molar-refractivity contribution < 1.29 is 4.39 Å². The molecule has 1 nitrogen and oxygen atoms in total. The molecule has 0 saturated heterocycles. The Balaban J connectivity index is 1.93. The van der Waals surface area contributed by atoms with Crippen molar-refractivity contribution in [2.45, 2.75) is 0 Å². The molecule has 0 amide bonds. The second-order valence-electron chi connectivity index (χ2n) is 4.36. The van der Waals surface area contributed by atoms with Gasteiger partial charge in [0.05, 0.1) is 11.6 Å². The molecule has 0 atom stereocenters. The third kappa shape index (κ3) is 2.47. The van der Waals surface area contributed by atoms with Gasteiger partial charge in [-0.3, -0.25) is 0 Å². The van der Waals surface area contributed by atoms with Crippen LogP contribution in [0, 0.1) is 17.1 Å². The molecule has 0 aliphatic rings. The molecule has 0 aliphatic carbocycles. The molecule has 3 heteroatoms. The highest BCUT2D eigenvalue weighted by Crippen LogP contribution is 2.34. The lowest BCUT2D eigenvalue weighted by Gasteiger charge is -1.98. The van der Waals surface area contributed by atoms with E-state index in [1.165, 1.54) is 12.1 Å². The molecule has 1 aromatic heterocycles. The van der Waals surface area contributed by atoms with Crippen LogP contribution in [0.15, 0.2) is 60.7 Å². The average molecular weight is 279 g/mol. The molecule has 0 unspecified atom stereocenters. The van der Waals surface area contributed by atoms with Gasteiger partial charge in [0.25, 0.3) is 0 Å². The number of hydrogen-bond donors (Lipinski definition) is 0. The van der Waals surface area contributed by atoms with Crippen LogP contribution in [-0.4, -0.2) is 0 Å². The van der Waals surface area contributed by atoms with Crippen LogP contribution in [0.25, 0.3) is 20.9 Å². The van der Waals surface area contributed by atoms with E-state index in [1.807, 2.05) is 36.4 Å². The average Bonchev–Trinajstić information content (AvgIpc) is 2.98. The van der Waals surface area contributed by atoms with Crippen molar-refractivity contribution in [3.05, 3.63) is 72.0 Å². The van der Waals surface area contributed by atoms with Crippen LogP contribution in [-0.2, 0) is 0 Å². The minimum atomic E-state index is -0.224. The molecule has 0 radical (unpaired) electrons. The molecule has 0 spiro atoms. The number of nitriles is 1. The van der Waals surface area contributed by atoms with Crippen molar-refractivity contribution in [3.63, 3.8) is 0 Å². The molecule has 2 aromatic carbocycles.